The number of nitrogens with one attached hydrogen (secondary N) is 2. The second-order valence-electron chi connectivity index (χ2n) is 5.05. The third kappa shape index (κ3) is 2.90. The lowest BCUT2D eigenvalue weighted by Gasteiger charge is -2.21. The van der Waals surface area contributed by atoms with Crippen molar-refractivity contribution in [3.8, 4) is 0 Å². The maximum atomic E-state index is 3.48. The molecule has 2 N–H and O–H groups in total. The van der Waals surface area contributed by atoms with Crippen LogP contribution in [-0.2, 0) is 0 Å². The van der Waals surface area contributed by atoms with Gasteiger partial charge in [0.15, 0.2) is 0 Å². The summed E-state index contributed by atoms with van der Waals surface area (Å²) in [6, 6.07) is 10.8. The summed E-state index contributed by atoms with van der Waals surface area (Å²) in [7, 11) is 0. The van der Waals surface area contributed by atoms with Crippen LogP contribution in [0.1, 0.15) is 19.3 Å². The lowest BCUT2D eigenvalue weighted by Crippen LogP contribution is -2.27. The fourth-order valence-corrected chi connectivity index (χ4v) is 3.69. The van der Waals surface area contributed by atoms with Crippen LogP contribution in [-0.4, -0.2) is 23.8 Å². The van der Waals surface area contributed by atoms with Crippen LogP contribution < -0.4 is 5.32 Å². The van der Waals surface area contributed by atoms with Gasteiger partial charge in [-0.15, -0.1) is 11.8 Å². The molecule has 1 aromatic carbocycles. The van der Waals surface area contributed by atoms with Gasteiger partial charge in [0.05, 0.1) is 5.03 Å². The molecule has 0 saturated carbocycles. The number of thioether (sulfide) groups is 1. The number of hydrogen-bond donors (Lipinski definition) is 2. The Morgan fingerprint density at radius 1 is 1.17 bits per heavy atom. The molecular weight excluding hydrogens is 240 g/mol. The number of H-pyrrole nitrogens is 1. The summed E-state index contributed by atoms with van der Waals surface area (Å²) in [6.07, 6.45) is 4.06. The van der Waals surface area contributed by atoms with Crippen molar-refractivity contribution >= 4 is 22.7 Å². The van der Waals surface area contributed by atoms with E-state index in [-0.39, 0.29) is 0 Å². The molecule has 1 aliphatic heterocycles. The molecule has 0 radical (unpaired) electrons. The Kier molecular flexibility index (Phi) is 3.91. The molecule has 1 saturated heterocycles. The van der Waals surface area contributed by atoms with Crippen molar-refractivity contribution in [3.05, 3.63) is 30.3 Å². The molecular formula is C15H20N2S. The van der Waals surface area contributed by atoms with Gasteiger partial charge in [-0.1, -0.05) is 18.2 Å². The molecule has 0 atom stereocenters. The Balaban J connectivity index is 1.53. The highest BCUT2D eigenvalue weighted by Gasteiger charge is 2.12. The molecule has 1 aliphatic rings. The standard InChI is InChI=1S/C15H20N2S/c1-2-4-14-13(3-1)11-15(17-14)18-10-7-12-5-8-16-9-6-12/h1-4,11-12,16-17H,5-10H2. The van der Waals surface area contributed by atoms with E-state index in [0.717, 1.165) is 5.92 Å². The van der Waals surface area contributed by atoms with Crippen LogP contribution in [0.5, 0.6) is 0 Å². The van der Waals surface area contributed by atoms with Crippen molar-refractivity contribution in [2.45, 2.75) is 24.3 Å². The number of aromatic amines is 1. The van der Waals surface area contributed by atoms with E-state index >= 15 is 0 Å². The van der Waals surface area contributed by atoms with Crippen molar-refractivity contribution in [3.63, 3.8) is 0 Å². The maximum absolute atomic E-state index is 3.48. The Hall–Kier alpha value is -0.930. The van der Waals surface area contributed by atoms with Crippen LogP contribution in [0.15, 0.2) is 35.4 Å². The van der Waals surface area contributed by atoms with Gasteiger partial charge >= 0.3 is 0 Å². The van der Waals surface area contributed by atoms with Crippen molar-refractivity contribution < 1.29 is 0 Å². The molecule has 2 heterocycles. The first-order valence-electron chi connectivity index (χ1n) is 6.83. The average molecular weight is 260 g/mol. The number of fused-ring (bicyclic) bond motifs is 1. The number of para-hydroxylation sites is 1. The second-order valence-corrected chi connectivity index (χ2v) is 6.19. The zero-order chi connectivity index (χ0) is 12.2. The van der Waals surface area contributed by atoms with Crippen molar-refractivity contribution in [2.24, 2.45) is 5.92 Å². The molecule has 1 aromatic heterocycles. The summed E-state index contributed by atoms with van der Waals surface area (Å²) in [5.74, 6) is 2.17. The van der Waals surface area contributed by atoms with Crippen LogP contribution >= 0.6 is 11.8 Å². The zero-order valence-corrected chi connectivity index (χ0v) is 11.4. The lowest BCUT2D eigenvalue weighted by atomic mass is 9.96. The van der Waals surface area contributed by atoms with E-state index in [4.69, 9.17) is 0 Å². The summed E-state index contributed by atoms with van der Waals surface area (Å²) >= 11 is 1.96. The molecule has 0 bridgehead atoms. The minimum Gasteiger partial charge on any atom is -0.350 e. The summed E-state index contributed by atoms with van der Waals surface area (Å²) in [4.78, 5) is 3.48. The lowest BCUT2D eigenvalue weighted by molar-refractivity contribution is 0.367. The van der Waals surface area contributed by atoms with E-state index in [1.807, 2.05) is 11.8 Å². The highest BCUT2D eigenvalue weighted by molar-refractivity contribution is 7.99. The first kappa shape index (κ1) is 12.1. The maximum Gasteiger partial charge on any atom is 0.0732 e. The minimum absolute atomic E-state index is 0.933. The molecule has 1 fully saturated rings. The predicted octanol–water partition coefficient (Wildman–Crippen LogP) is 3.65. The average Bonchev–Trinajstić information content (AvgIpc) is 2.82. The Morgan fingerprint density at radius 3 is 2.83 bits per heavy atom. The number of piperidine rings is 1. The molecule has 0 unspecified atom stereocenters. The van der Waals surface area contributed by atoms with E-state index < -0.39 is 0 Å². The molecule has 0 aliphatic carbocycles. The molecule has 3 heteroatoms. The van der Waals surface area contributed by atoms with Crippen LogP contribution in [0, 0.1) is 5.92 Å². The topological polar surface area (TPSA) is 27.8 Å². The number of hydrogen-bond acceptors (Lipinski definition) is 2. The van der Waals surface area contributed by atoms with Gasteiger partial charge in [-0.25, -0.2) is 0 Å². The van der Waals surface area contributed by atoms with Gasteiger partial charge in [-0.3, -0.25) is 0 Å². The second kappa shape index (κ2) is 5.81. The van der Waals surface area contributed by atoms with Crippen molar-refractivity contribution in [1.82, 2.24) is 10.3 Å². The fourth-order valence-electron chi connectivity index (χ4n) is 2.63. The van der Waals surface area contributed by atoms with E-state index in [0.29, 0.717) is 0 Å². The first-order chi connectivity index (χ1) is 8.92. The number of benzene rings is 1. The smallest absolute Gasteiger partial charge is 0.0732 e. The van der Waals surface area contributed by atoms with Gasteiger partial charge in [0.2, 0.25) is 0 Å². The van der Waals surface area contributed by atoms with Gasteiger partial charge in [0, 0.05) is 10.9 Å². The van der Waals surface area contributed by atoms with Gasteiger partial charge in [-0.2, -0.15) is 0 Å². The SMILES string of the molecule is c1ccc2[nH]c(SCCC3CCNCC3)cc2c1. The van der Waals surface area contributed by atoms with Crippen LogP contribution in [0.4, 0.5) is 0 Å². The van der Waals surface area contributed by atoms with Crippen LogP contribution in [0.2, 0.25) is 0 Å². The molecule has 96 valence electrons. The number of rotatable bonds is 4. The minimum atomic E-state index is 0.933. The highest BCUT2D eigenvalue weighted by atomic mass is 32.2. The third-order valence-corrected chi connectivity index (χ3v) is 4.72. The van der Waals surface area contributed by atoms with Gasteiger partial charge in [0.25, 0.3) is 0 Å². The van der Waals surface area contributed by atoms with Crippen LogP contribution in [0.25, 0.3) is 10.9 Å². The van der Waals surface area contributed by atoms with Gasteiger partial charge in [0.1, 0.15) is 0 Å². The molecule has 0 spiro atoms. The summed E-state index contributed by atoms with van der Waals surface area (Å²) < 4.78 is 0. The Morgan fingerprint density at radius 2 is 2.00 bits per heavy atom. The predicted molar refractivity (Wildman–Crippen MR) is 79.2 cm³/mol. The van der Waals surface area contributed by atoms with Crippen LogP contribution in [0.3, 0.4) is 0 Å². The van der Waals surface area contributed by atoms with E-state index in [2.05, 4.69) is 40.6 Å². The zero-order valence-electron chi connectivity index (χ0n) is 10.6. The molecule has 18 heavy (non-hydrogen) atoms. The van der Waals surface area contributed by atoms with E-state index in [9.17, 15) is 0 Å². The van der Waals surface area contributed by atoms with E-state index in [1.54, 1.807) is 0 Å². The number of aromatic nitrogens is 1. The first-order valence-corrected chi connectivity index (χ1v) is 7.81. The third-order valence-electron chi connectivity index (χ3n) is 3.75. The monoisotopic (exact) mass is 260 g/mol. The van der Waals surface area contributed by atoms with Gasteiger partial charge in [-0.05, 0) is 56.2 Å². The molecule has 2 aromatic rings. The molecule has 2 nitrogen and oxygen atoms in total. The summed E-state index contributed by atoms with van der Waals surface area (Å²) in [5.41, 5.74) is 1.25. The van der Waals surface area contributed by atoms with E-state index in [1.165, 1.54) is 54.0 Å². The normalized spacial score (nSPS) is 17.3. The quantitative estimate of drug-likeness (QED) is 0.821. The summed E-state index contributed by atoms with van der Waals surface area (Å²) in [5, 5.41) is 6.06. The fraction of sp³-hybridized carbons (Fsp3) is 0.467. The van der Waals surface area contributed by atoms with Crippen molar-refractivity contribution in [2.75, 3.05) is 18.8 Å². The summed E-state index contributed by atoms with van der Waals surface area (Å²) in [6.45, 7) is 2.42. The van der Waals surface area contributed by atoms with Crippen molar-refractivity contribution in [1.29, 1.82) is 0 Å². The highest BCUT2D eigenvalue weighted by Crippen LogP contribution is 2.26. The molecule has 3 rings (SSSR count). The van der Waals surface area contributed by atoms with Gasteiger partial charge < -0.3 is 10.3 Å². The largest absolute Gasteiger partial charge is 0.350 e. The molecule has 0 amide bonds. The Labute approximate surface area is 113 Å². The Bertz CT molecular complexity index is 467.